The van der Waals surface area contributed by atoms with Crippen molar-refractivity contribution < 1.29 is 9.47 Å². The van der Waals surface area contributed by atoms with Gasteiger partial charge in [0.2, 0.25) is 0 Å². The number of methoxy groups -OCH3 is 1. The Morgan fingerprint density at radius 2 is 2.00 bits per heavy atom. The number of ether oxygens (including phenoxy) is 2. The van der Waals surface area contributed by atoms with Gasteiger partial charge >= 0.3 is 0 Å². The number of hydrogen-bond acceptors (Lipinski definition) is 4. The third-order valence-electron chi connectivity index (χ3n) is 2.40. The molecule has 1 heterocycles. The van der Waals surface area contributed by atoms with Crippen LogP contribution in [0.3, 0.4) is 0 Å². The van der Waals surface area contributed by atoms with E-state index in [2.05, 4.69) is 10.4 Å². The lowest BCUT2D eigenvalue weighted by Gasteiger charge is -2.28. The molecule has 0 radical (unpaired) electrons. The fourth-order valence-corrected chi connectivity index (χ4v) is 1.58. The molecule has 4 nitrogen and oxygen atoms in total. The highest BCUT2D eigenvalue weighted by Gasteiger charge is 2.11. The second kappa shape index (κ2) is 5.00. The van der Waals surface area contributed by atoms with Gasteiger partial charge in [-0.1, -0.05) is 12.1 Å². The minimum Gasteiger partial charge on any atom is -0.495 e. The molecule has 1 aliphatic heterocycles. The summed E-state index contributed by atoms with van der Waals surface area (Å²) in [5.74, 6) is 0.865. The average molecular weight is 208 g/mol. The van der Waals surface area contributed by atoms with Crippen molar-refractivity contribution in [2.45, 2.75) is 0 Å². The molecule has 1 aromatic rings. The van der Waals surface area contributed by atoms with Gasteiger partial charge in [-0.05, 0) is 12.1 Å². The predicted octanol–water partition coefficient (Wildman–Crippen LogP) is 1.35. The number of hydrogen-bond donors (Lipinski definition) is 1. The number of morpholine rings is 1. The van der Waals surface area contributed by atoms with Gasteiger partial charge in [0.15, 0.2) is 0 Å². The Kier molecular flexibility index (Phi) is 3.42. The van der Waals surface area contributed by atoms with Crippen LogP contribution in [0.15, 0.2) is 24.3 Å². The minimum absolute atomic E-state index is 0.780. The highest BCUT2D eigenvalue weighted by molar-refractivity contribution is 5.55. The van der Waals surface area contributed by atoms with Crippen LogP contribution in [0.4, 0.5) is 5.69 Å². The first-order valence-corrected chi connectivity index (χ1v) is 5.12. The number of rotatable bonds is 3. The van der Waals surface area contributed by atoms with Crippen molar-refractivity contribution in [1.82, 2.24) is 5.01 Å². The number of nitrogens with zero attached hydrogens (tertiary/aromatic N) is 1. The number of hydrazine groups is 1. The monoisotopic (exact) mass is 208 g/mol. The van der Waals surface area contributed by atoms with E-state index in [0.717, 1.165) is 37.7 Å². The summed E-state index contributed by atoms with van der Waals surface area (Å²) in [6, 6.07) is 7.91. The molecule has 15 heavy (non-hydrogen) atoms. The first-order valence-electron chi connectivity index (χ1n) is 5.12. The van der Waals surface area contributed by atoms with E-state index in [1.807, 2.05) is 24.3 Å². The number of para-hydroxylation sites is 2. The number of benzene rings is 1. The van der Waals surface area contributed by atoms with Crippen LogP contribution >= 0.6 is 0 Å². The third-order valence-corrected chi connectivity index (χ3v) is 2.40. The van der Waals surface area contributed by atoms with Crippen molar-refractivity contribution in [3.05, 3.63) is 24.3 Å². The molecule has 2 rings (SSSR count). The van der Waals surface area contributed by atoms with Gasteiger partial charge in [0, 0.05) is 13.1 Å². The van der Waals surface area contributed by atoms with E-state index in [4.69, 9.17) is 9.47 Å². The summed E-state index contributed by atoms with van der Waals surface area (Å²) in [7, 11) is 1.68. The van der Waals surface area contributed by atoms with Crippen molar-refractivity contribution in [3.63, 3.8) is 0 Å². The second-order valence-corrected chi connectivity index (χ2v) is 3.41. The predicted molar refractivity (Wildman–Crippen MR) is 59.0 cm³/mol. The maximum atomic E-state index is 5.28. The van der Waals surface area contributed by atoms with E-state index >= 15 is 0 Å². The van der Waals surface area contributed by atoms with Gasteiger partial charge in [-0.3, -0.25) is 0 Å². The maximum Gasteiger partial charge on any atom is 0.143 e. The lowest BCUT2D eigenvalue weighted by atomic mass is 10.3. The molecule has 1 aliphatic rings. The molecule has 0 atom stereocenters. The van der Waals surface area contributed by atoms with Crippen molar-refractivity contribution in [3.8, 4) is 5.75 Å². The van der Waals surface area contributed by atoms with E-state index in [0.29, 0.717) is 0 Å². The molecule has 1 saturated heterocycles. The van der Waals surface area contributed by atoms with Gasteiger partial charge < -0.3 is 14.9 Å². The molecule has 0 amide bonds. The summed E-state index contributed by atoms with van der Waals surface area (Å²) >= 11 is 0. The summed E-state index contributed by atoms with van der Waals surface area (Å²) < 4.78 is 10.5. The molecule has 1 N–H and O–H groups in total. The van der Waals surface area contributed by atoms with E-state index in [-0.39, 0.29) is 0 Å². The molecule has 82 valence electrons. The molecule has 0 aromatic heterocycles. The molecule has 4 heteroatoms. The van der Waals surface area contributed by atoms with Crippen LogP contribution in [-0.4, -0.2) is 38.4 Å². The number of anilines is 1. The Morgan fingerprint density at radius 1 is 1.27 bits per heavy atom. The van der Waals surface area contributed by atoms with Gasteiger partial charge in [-0.2, -0.15) is 0 Å². The smallest absolute Gasteiger partial charge is 0.143 e. The summed E-state index contributed by atoms with van der Waals surface area (Å²) in [5.41, 5.74) is 4.33. The first-order chi connectivity index (χ1) is 7.40. The van der Waals surface area contributed by atoms with Crippen molar-refractivity contribution in [2.75, 3.05) is 38.8 Å². The Balaban J connectivity index is 2.02. The van der Waals surface area contributed by atoms with Crippen molar-refractivity contribution in [2.24, 2.45) is 0 Å². The Morgan fingerprint density at radius 3 is 2.73 bits per heavy atom. The SMILES string of the molecule is COc1ccccc1NN1CCOCC1. The first kappa shape index (κ1) is 10.3. The van der Waals surface area contributed by atoms with Crippen molar-refractivity contribution >= 4 is 5.69 Å². The summed E-state index contributed by atoms with van der Waals surface area (Å²) in [6.07, 6.45) is 0. The van der Waals surface area contributed by atoms with E-state index in [1.54, 1.807) is 7.11 Å². The van der Waals surface area contributed by atoms with Crippen LogP contribution in [-0.2, 0) is 4.74 Å². The highest BCUT2D eigenvalue weighted by atomic mass is 16.5. The summed E-state index contributed by atoms with van der Waals surface area (Å²) in [6.45, 7) is 3.36. The zero-order chi connectivity index (χ0) is 10.5. The van der Waals surface area contributed by atoms with Gasteiger partial charge in [-0.25, -0.2) is 5.01 Å². The largest absolute Gasteiger partial charge is 0.495 e. The van der Waals surface area contributed by atoms with Crippen LogP contribution in [0.1, 0.15) is 0 Å². The summed E-state index contributed by atoms with van der Waals surface area (Å²) in [4.78, 5) is 0. The lowest BCUT2D eigenvalue weighted by Crippen LogP contribution is -2.40. The van der Waals surface area contributed by atoms with Crippen LogP contribution in [0.5, 0.6) is 5.75 Å². The molecular formula is C11H16N2O2. The zero-order valence-electron chi connectivity index (χ0n) is 8.90. The van der Waals surface area contributed by atoms with Crippen molar-refractivity contribution in [1.29, 1.82) is 0 Å². The Bertz CT molecular complexity index is 311. The molecule has 0 spiro atoms. The van der Waals surface area contributed by atoms with Crippen LogP contribution in [0, 0.1) is 0 Å². The fourth-order valence-electron chi connectivity index (χ4n) is 1.58. The van der Waals surface area contributed by atoms with E-state index < -0.39 is 0 Å². The van der Waals surface area contributed by atoms with Gasteiger partial charge in [0.25, 0.3) is 0 Å². The Hall–Kier alpha value is -1.26. The topological polar surface area (TPSA) is 33.7 Å². The Labute approximate surface area is 89.8 Å². The lowest BCUT2D eigenvalue weighted by molar-refractivity contribution is 0.0495. The molecule has 0 bridgehead atoms. The van der Waals surface area contributed by atoms with Crippen LogP contribution in [0.25, 0.3) is 0 Å². The van der Waals surface area contributed by atoms with Crippen LogP contribution < -0.4 is 10.2 Å². The van der Waals surface area contributed by atoms with Gasteiger partial charge in [-0.15, -0.1) is 0 Å². The molecule has 1 fully saturated rings. The molecule has 1 aromatic carbocycles. The fraction of sp³-hybridized carbons (Fsp3) is 0.455. The molecule has 0 unspecified atom stereocenters. The number of nitrogens with one attached hydrogen (secondary N) is 1. The zero-order valence-corrected chi connectivity index (χ0v) is 8.90. The van der Waals surface area contributed by atoms with Gasteiger partial charge in [0.05, 0.1) is 26.0 Å². The van der Waals surface area contributed by atoms with E-state index in [1.165, 1.54) is 0 Å². The molecule has 0 aliphatic carbocycles. The van der Waals surface area contributed by atoms with Gasteiger partial charge in [0.1, 0.15) is 5.75 Å². The highest BCUT2D eigenvalue weighted by Crippen LogP contribution is 2.23. The van der Waals surface area contributed by atoms with Crippen LogP contribution in [0.2, 0.25) is 0 Å². The third kappa shape index (κ3) is 2.61. The maximum absolute atomic E-state index is 5.28. The van der Waals surface area contributed by atoms with E-state index in [9.17, 15) is 0 Å². The summed E-state index contributed by atoms with van der Waals surface area (Å²) in [5, 5.41) is 2.14. The molecular weight excluding hydrogens is 192 g/mol. The average Bonchev–Trinajstić information content (AvgIpc) is 2.31. The second-order valence-electron chi connectivity index (χ2n) is 3.41. The standard InChI is InChI=1S/C11H16N2O2/c1-14-11-5-3-2-4-10(11)12-13-6-8-15-9-7-13/h2-5,12H,6-9H2,1H3. The molecule has 0 saturated carbocycles. The normalized spacial score (nSPS) is 17.4. The minimum atomic E-state index is 0.780. The quantitative estimate of drug-likeness (QED) is 0.813.